The van der Waals surface area contributed by atoms with E-state index < -0.39 is 21.8 Å². The summed E-state index contributed by atoms with van der Waals surface area (Å²) in [4.78, 5) is 26.7. The van der Waals surface area contributed by atoms with Gasteiger partial charge in [-0.1, -0.05) is 0 Å². The van der Waals surface area contributed by atoms with Gasteiger partial charge >= 0.3 is 12.0 Å². The average Bonchev–Trinajstić information content (AvgIpc) is 2.90. The lowest BCUT2D eigenvalue weighted by atomic mass is 10.3. The third-order valence-electron chi connectivity index (χ3n) is 3.00. The van der Waals surface area contributed by atoms with Crippen molar-refractivity contribution in [3.63, 3.8) is 0 Å². The Morgan fingerprint density at radius 1 is 1.48 bits per heavy atom. The lowest BCUT2D eigenvalue weighted by Gasteiger charge is -2.11. The average molecular weight is 333 g/mol. The van der Waals surface area contributed by atoms with E-state index in [-0.39, 0.29) is 29.0 Å². The van der Waals surface area contributed by atoms with Crippen LogP contribution in [0.15, 0.2) is 0 Å². The van der Waals surface area contributed by atoms with E-state index in [9.17, 15) is 18.0 Å². The quantitative estimate of drug-likeness (QED) is 0.719. The SMILES string of the molecule is Cc1nc(CNC(=O)NC2CCS(=O)(=O)C2)sc1C(=O)O. The largest absolute Gasteiger partial charge is 0.477 e. The second-order valence-corrected chi connectivity index (χ2v) is 8.07. The van der Waals surface area contributed by atoms with Crippen molar-refractivity contribution in [1.29, 1.82) is 0 Å². The monoisotopic (exact) mass is 333 g/mol. The van der Waals surface area contributed by atoms with Gasteiger partial charge in [-0.2, -0.15) is 0 Å². The topological polar surface area (TPSA) is 125 Å². The standard InChI is InChI=1S/C11H15N3O5S2/c1-6-9(10(15)16)20-8(13-6)4-12-11(17)14-7-2-3-21(18,19)5-7/h7H,2-5H2,1H3,(H,15,16)(H2,12,14,17). The highest BCUT2D eigenvalue weighted by Crippen LogP contribution is 2.17. The van der Waals surface area contributed by atoms with E-state index in [2.05, 4.69) is 15.6 Å². The summed E-state index contributed by atoms with van der Waals surface area (Å²) in [6.45, 7) is 1.69. The van der Waals surface area contributed by atoms with Gasteiger partial charge in [0.05, 0.1) is 23.7 Å². The predicted octanol–water partition coefficient (Wildman–Crippen LogP) is 0.136. The molecule has 0 aromatic carbocycles. The van der Waals surface area contributed by atoms with E-state index in [4.69, 9.17) is 5.11 Å². The molecule has 8 nitrogen and oxygen atoms in total. The number of amides is 2. The van der Waals surface area contributed by atoms with Gasteiger partial charge in [0.1, 0.15) is 9.88 Å². The Bertz CT molecular complexity index is 667. The second kappa shape index (κ2) is 5.98. The van der Waals surface area contributed by atoms with Crippen molar-refractivity contribution in [2.45, 2.75) is 25.9 Å². The number of urea groups is 1. The van der Waals surface area contributed by atoms with Crippen LogP contribution in [0, 0.1) is 6.92 Å². The Kier molecular flexibility index (Phi) is 4.47. The molecule has 1 saturated heterocycles. The molecule has 1 aromatic rings. The van der Waals surface area contributed by atoms with Crippen LogP contribution in [0.1, 0.15) is 26.8 Å². The van der Waals surface area contributed by atoms with Gasteiger partial charge < -0.3 is 15.7 Å². The van der Waals surface area contributed by atoms with Crippen LogP contribution < -0.4 is 10.6 Å². The summed E-state index contributed by atoms with van der Waals surface area (Å²) in [5, 5.41) is 14.5. The number of aromatic carboxylic acids is 1. The van der Waals surface area contributed by atoms with Crippen LogP contribution >= 0.6 is 11.3 Å². The molecule has 1 fully saturated rings. The maximum Gasteiger partial charge on any atom is 0.347 e. The van der Waals surface area contributed by atoms with Crippen molar-refractivity contribution in [2.24, 2.45) is 0 Å². The molecule has 1 unspecified atom stereocenters. The fraction of sp³-hybridized carbons (Fsp3) is 0.545. The maximum absolute atomic E-state index is 11.7. The van der Waals surface area contributed by atoms with Crippen LogP contribution in [0.3, 0.4) is 0 Å². The Morgan fingerprint density at radius 3 is 2.71 bits per heavy atom. The van der Waals surface area contributed by atoms with Crippen LogP contribution in [0.25, 0.3) is 0 Å². The molecule has 0 spiro atoms. The number of nitrogens with zero attached hydrogens (tertiary/aromatic N) is 1. The predicted molar refractivity (Wildman–Crippen MR) is 76.2 cm³/mol. The number of aryl methyl sites for hydroxylation is 1. The minimum atomic E-state index is -3.04. The van der Waals surface area contributed by atoms with Gasteiger partial charge in [-0.15, -0.1) is 11.3 Å². The first-order valence-electron chi connectivity index (χ1n) is 6.21. The van der Waals surface area contributed by atoms with Gasteiger partial charge in [0.25, 0.3) is 0 Å². The number of carbonyl (C=O) groups is 2. The third-order valence-corrected chi connectivity index (χ3v) is 5.92. The molecule has 2 heterocycles. The van der Waals surface area contributed by atoms with Gasteiger partial charge in [-0.05, 0) is 13.3 Å². The van der Waals surface area contributed by atoms with E-state index in [1.54, 1.807) is 6.92 Å². The van der Waals surface area contributed by atoms with Crippen molar-refractivity contribution >= 4 is 33.2 Å². The zero-order valence-corrected chi connectivity index (χ0v) is 12.9. The summed E-state index contributed by atoms with van der Waals surface area (Å²) in [5.74, 6) is -0.997. The first kappa shape index (κ1) is 15.7. The molecule has 2 amide bonds. The smallest absolute Gasteiger partial charge is 0.347 e. The van der Waals surface area contributed by atoms with Crippen molar-refractivity contribution in [3.8, 4) is 0 Å². The van der Waals surface area contributed by atoms with Crippen molar-refractivity contribution < 1.29 is 23.1 Å². The number of aromatic nitrogens is 1. The number of carbonyl (C=O) groups excluding carboxylic acids is 1. The molecule has 1 aliphatic rings. The number of nitrogens with one attached hydrogen (secondary N) is 2. The van der Waals surface area contributed by atoms with Crippen LogP contribution in [0.2, 0.25) is 0 Å². The number of carboxylic acids is 1. The lowest BCUT2D eigenvalue weighted by Crippen LogP contribution is -2.42. The van der Waals surface area contributed by atoms with Crippen LogP contribution in [-0.2, 0) is 16.4 Å². The zero-order chi connectivity index (χ0) is 15.6. The summed E-state index contributed by atoms with van der Waals surface area (Å²) in [6, 6.07) is -0.857. The van der Waals surface area contributed by atoms with Crippen LogP contribution in [0.4, 0.5) is 4.79 Å². The minimum Gasteiger partial charge on any atom is -0.477 e. The molecule has 10 heteroatoms. The van der Waals surface area contributed by atoms with E-state index in [0.29, 0.717) is 17.1 Å². The molecule has 116 valence electrons. The highest BCUT2D eigenvalue weighted by Gasteiger charge is 2.28. The molecule has 2 rings (SSSR count). The molecule has 1 atom stereocenters. The summed E-state index contributed by atoms with van der Waals surface area (Å²) >= 11 is 1.00. The van der Waals surface area contributed by atoms with Gasteiger partial charge in [0.15, 0.2) is 9.84 Å². The van der Waals surface area contributed by atoms with E-state index in [0.717, 1.165) is 11.3 Å². The van der Waals surface area contributed by atoms with Gasteiger partial charge in [0, 0.05) is 6.04 Å². The summed E-state index contributed by atoms with van der Waals surface area (Å²) < 4.78 is 22.5. The first-order chi connectivity index (χ1) is 9.77. The Labute approximate surface area is 125 Å². The van der Waals surface area contributed by atoms with Crippen molar-refractivity contribution in [2.75, 3.05) is 11.5 Å². The van der Waals surface area contributed by atoms with E-state index >= 15 is 0 Å². The summed E-state index contributed by atoms with van der Waals surface area (Å²) in [7, 11) is -3.04. The summed E-state index contributed by atoms with van der Waals surface area (Å²) in [6.07, 6.45) is 0.412. The fourth-order valence-electron chi connectivity index (χ4n) is 2.03. The lowest BCUT2D eigenvalue weighted by molar-refractivity contribution is 0.0701. The highest BCUT2D eigenvalue weighted by atomic mass is 32.2. The molecule has 0 bridgehead atoms. The maximum atomic E-state index is 11.7. The molecule has 0 saturated carbocycles. The Hall–Kier alpha value is -1.68. The molecular formula is C11H15N3O5S2. The molecule has 3 N–H and O–H groups in total. The van der Waals surface area contributed by atoms with Crippen LogP contribution in [0.5, 0.6) is 0 Å². The highest BCUT2D eigenvalue weighted by molar-refractivity contribution is 7.91. The molecule has 21 heavy (non-hydrogen) atoms. The van der Waals surface area contributed by atoms with Crippen LogP contribution in [-0.4, -0.2) is 48.1 Å². The molecule has 0 radical (unpaired) electrons. The number of sulfone groups is 1. The number of rotatable bonds is 4. The number of hydrogen-bond donors (Lipinski definition) is 3. The number of thiazole rings is 1. The zero-order valence-electron chi connectivity index (χ0n) is 11.2. The van der Waals surface area contributed by atoms with Crippen molar-refractivity contribution in [3.05, 3.63) is 15.6 Å². The van der Waals surface area contributed by atoms with Gasteiger partial charge in [0.2, 0.25) is 0 Å². The Balaban J connectivity index is 1.84. The second-order valence-electron chi connectivity index (χ2n) is 4.75. The van der Waals surface area contributed by atoms with E-state index in [1.165, 1.54) is 0 Å². The molecule has 0 aliphatic carbocycles. The Morgan fingerprint density at radius 2 is 2.19 bits per heavy atom. The number of carboxylic acid groups (broad SMARTS) is 1. The molecular weight excluding hydrogens is 318 g/mol. The molecule has 1 aliphatic heterocycles. The third kappa shape index (κ3) is 4.14. The minimum absolute atomic E-state index is 0.0417. The number of hydrogen-bond acceptors (Lipinski definition) is 6. The molecule has 1 aromatic heterocycles. The first-order valence-corrected chi connectivity index (χ1v) is 8.85. The van der Waals surface area contributed by atoms with Gasteiger partial charge in [-0.25, -0.2) is 23.0 Å². The van der Waals surface area contributed by atoms with Gasteiger partial charge in [-0.3, -0.25) is 0 Å². The fourth-order valence-corrected chi connectivity index (χ4v) is 4.54. The van der Waals surface area contributed by atoms with E-state index in [1.807, 2.05) is 0 Å². The normalized spacial score (nSPS) is 20.1. The summed E-state index contributed by atoms with van der Waals surface area (Å²) in [5.41, 5.74) is 0.409. The van der Waals surface area contributed by atoms with Crippen molar-refractivity contribution in [1.82, 2.24) is 15.6 Å².